The Labute approximate surface area is 195 Å². The number of amides is 1. The number of nitrogen functional groups attached to an aromatic ring is 1. The number of aromatic nitrogens is 2. The summed E-state index contributed by atoms with van der Waals surface area (Å²) in [5.41, 5.74) is 9.24. The van der Waals surface area contributed by atoms with Gasteiger partial charge in [-0.3, -0.25) is 4.79 Å². The lowest BCUT2D eigenvalue weighted by Gasteiger charge is -2.15. The van der Waals surface area contributed by atoms with E-state index in [-0.39, 0.29) is 11.5 Å². The molecule has 4 aromatic rings. The van der Waals surface area contributed by atoms with E-state index >= 15 is 0 Å². The number of nitrogens with one attached hydrogen (secondary N) is 2. The number of rotatable bonds is 7. The molecule has 4 rings (SSSR count). The molecule has 0 atom stereocenters. The number of nitrogens with two attached hydrogens (primary N) is 1. The Morgan fingerprint density at radius 1 is 1.06 bits per heavy atom. The zero-order chi connectivity index (χ0) is 23.2. The lowest BCUT2D eigenvalue weighted by atomic mass is 10.1. The Kier molecular flexibility index (Phi) is 6.52. The molecule has 8 heteroatoms. The molecule has 3 aromatic carbocycles. The second-order valence-electron chi connectivity index (χ2n) is 7.04. The van der Waals surface area contributed by atoms with Gasteiger partial charge in [0.1, 0.15) is 11.4 Å². The van der Waals surface area contributed by atoms with Gasteiger partial charge in [0, 0.05) is 35.0 Å². The number of nitrogens with zero attached hydrogens (tertiary/aromatic N) is 2. The van der Waals surface area contributed by atoms with Crippen molar-refractivity contribution in [3.05, 3.63) is 102 Å². The molecule has 1 heterocycles. The first-order valence-corrected chi connectivity index (χ1v) is 10.3. The van der Waals surface area contributed by atoms with Gasteiger partial charge in [0.2, 0.25) is 5.76 Å². The second-order valence-corrected chi connectivity index (χ2v) is 7.48. The van der Waals surface area contributed by atoms with E-state index in [4.69, 9.17) is 27.5 Å². The number of hydrogen-bond donors (Lipinski definition) is 3. The molecule has 0 aliphatic heterocycles. The van der Waals surface area contributed by atoms with Crippen molar-refractivity contribution in [2.45, 2.75) is 0 Å². The van der Waals surface area contributed by atoms with E-state index in [1.807, 2.05) is 36.4 Å². The maximum Gasteiger partial charge on any atom is 0.293 e. The van der Waals surface area contributed by atoms with Crippen molar-refractivity contribution >= 4 is 40.8 Å². The number of halogens is 1. The summed E-state index contributed by atoms with van der Waals surface area (Å²) in [6, 6.07) is 21.5. The Hall–Kier alpha value is -4.36. The van der Waals surface area contributed by atoms with E-state index in [1.165, 1.54) is 10.9 Å². The molecule has 7 nitrogen and oxygen atoms in total. The van der Waals surface area contributed by atoms with Gasteiger partial charge in [-0.05, 0) is 59.7 Å². The fraction of sp³-hybridized carbons (Fsp3) is 0. The zero-order valence-corrected chi connectivity index (χ0v) is 18.2. The van der Waals surface area contributed by atoms with Gasteiger partial charge >= 0.3 is 0 Å². The number of ether oxygens (including phenoxy) is 1. The van der Waals surface area contributed by atoms with E-state index < -0.39 is 5.91 Å². The normalized spacial score (nSPS) is 11.4. The molecule has 0 aliphatic carbocycles. The first kappa shape index (κ1) is 21.9. The minimum atomic E-state index is -0.524. The largest absolute Gasteiger partial charge is 0.449 e. The average molecular weight is 458 g/mol. The summed E-state index contributed by atoms with van der Waals surface area (Å²) in [6.07, 6.45) is 5.71. The van der Waals surface area contributed by atoms with Gasteiger partial charge in [-0.1, -0.05) is 35.9 Å². The van der Waals surface area contributed by atoms with Gasteiger partial charge in [0.25, 0.3) is 5.91 Å². The third kappa shape index (κ3) is 5.28. The summed E-state index contributed by atoms with van der Waals surface area (Å²) in [5.74, 6) is -0.150. The molecule has 33 heavy (non-hydrogen) atoms. The van der Waals surface area contributed by atoms with Gasteiger partial charge < -0.3 is 25.8 Å². The topological polar surface area (TPSA) is 106 Å². The van der Waals surface area contributed by atoms with E-state index in [9.17, 15) is 4.79 Å². The molecule has 0 unspecified atom stereocenters. The highest BCUT2D eigenvalue weighted by Crippen LogP contribution is 2.26. The third-order valence-corrected chi connectivity index (χ3v) is 5.01. The summed E-state index contributed by atoms with van der Waals surface area (Å²) in [7, 11) is 0. The third-order valence-electron chi connectivity index (χ3n) is 4.75. The molecule has 0 radical (unpaired) electrons. The van der Waals surface area contributed by atoms with Crippen molar-refractivity contribution in [1.29, 1.82) is 5.41 Å². The van der Waals surface area contributed by atoms with Gasteiger partial charge in [-0.2, -0.15) is 0 Å². The van der Waals surface area contributed by atoms with Crippen molar-refractivity contribution in [2.24, 2.45) is 0 Å². The fourth-order valence-electron chi connectivity index (χ4n) is 3.15. The van der Waals surface area contributed by atoms with Crippen molar-refractivity contribution in [3.63, 3.8) is 0 Å². The van der Waals surface area contributed by atoms with E-state index in [0.29, 0.717) is 22.1 Å². The quantitative estimate of drug-likeness (QED) is 0.151. The highest BCUT2D eigenvalue weighted by molar-refractivity contribution is 6.30. The van der Waals surface area contributed by atoms with Gasteiger partial charge in [0.15, 0.2) is 0 Å². The summed E-state index contributed by atoms with van der Waals surface area (Å²) >= 11 is 5.93. The Morgan fingerprint density at radius 2 is 1.82 bits per heavy atom. The maximum absolute atomic E-state index is 13.1. The summed E-state index contributed by atoms with van der Waals surface area (Å²) in [6.45, 7) is 0. The number of anilines is 2. The predicted molar refractivity (Wildman–Crippen MR) is 131 cm³/mol. The van der Waals surface area contributed by atoms with Crippen LogP contribution in [0.2, 0.25) is 5.02 Å². The molecule has 0 aliphatic rings. The van der Waals surface area contributed by atoms with E-state index in [0.717, 1.165) is 17.3 Å². The van der Waals surface area contributed by atoms with Crippen LogP contribution < -0.4 is 15.8 Å². The molecule has 0 saturated heterocycles. The average Bonchev–Trinajstić information content (AvgIpc) is 3.35. The Bertz CT molecular complexity index is 1300. The number of carbonyl (C=O) groups is 1. The molecular weight excluding hydrogens is 438 g/mol. The van der Waals surface area contributed by atoms with Crippen LogP contribution in [0.15, 0.2) is 97.3 Å². The molecule has 0 fully saturated rings. The predicted octanol–water partition coefficient (Wildman–Crippen LogP) is 5.32. The SMILES string of the molecule is N=C/C(=C(/Oc1ccc(-c2cccc(N)c2)cc1)C(=O)Nc1ccc(Cl)cc1)n1ccnc1. The maximum atomic E-state index is 13.1. The monoisotopic (exact) mass is 457 g/mol. The Morgan fingerprint density at radius 3 is 2.45 bits per heavy atom. The van der Waals surface area contributed by atoms with Crippen molar-refractivity contribution in [2.75, 3.05) is 11.1 Å². The van der Waals surface area contributed by atoms with E-state index in [1.54, 1.807) is 48.8 Å². The standard InChI is InChI=1S/C25H20ClN5O2/c26-19-6-8-21(9-7-19)30-25(32)24(23(15-27)31-13-12-29-16-31)33-22-10-4-17(5-11-22)18-2-1-3-20(28)14-18/h1-16,27H,28H2,(H,30,32)/b24-23-,27-15?. The zero-order valence-electron chi connectivity index (χ0n) is 17.4. The first-order chi connectivity index (χ1) is 16.0. The molecule has 164 valence electrons. The van der Waals surface area contributed by atoms with Crippen LogP contribution in [0.25, 0.3) is 16.8 Å². The van der Waals surface area contributed by atoms with Crippen LogP contribution in [0.4, 0.5) is 11.4 Å². The number of benzene rings is 3. The van der Waals surface area contributed by atoms with Crippen molar-refractivity contribution < 1.29 is 9.53 Å². The summed E-state index contributed by atoms with van der Waals surface area (Å²) in [5, 5.41) is 11.2. The van der Waals surface area contributed by atoms with Crippen LogP contribution in [0.3, 0.4) is 0 Å². The summed E-state index contributed by atoms with van der Waals surface area (Å²) in [4.78, 5) is 17.1. The van der Waals surface area contributed by atoms with Crippen LogP contribution in [-0.2, 0) is 4.79 Å². The van der Waals surface area contributed by atoms with Gasteiger partial charge in [-0.15, -0.1) is 0 Å². The number of allylic oxidation sites excluding steroid dienone is 1. The van der Waals surface area contributed by atoms with E-state index in [2.05, 4.69) is 10.3 Å². The number of carbonyl (C=O) groups excluding carboxylic acids is 1. The number of hydrogen-bond acceptors (Lipinski definition) is 5. The smallest absolute Gasteiger partial charge is 0.293 e. The lowest BCUT2D eigenvalue weighted by molar-refractivity contribution is -0.114. The van der Waals surface area contributed by atoms with Crippen LogP contribution in [0, 0.1) is 5.41 Å². The molecule has 0 spiro atoms. The van der Waals surface area contributed by atoms with Crippen LogP contribution in [-0.4, -0.2) is 21.7 Å². The van der Waals surface area contributed by atoms with Crippen molar-refractivity contribution in [1.82, 2.24) is 9.55 Å². The minimum Gasteiger partial charge on any atom is -0.449 e. The van der Waals surface area contributed by atoms with Crippen molar-refractivity contribution in [3.8, 4) is 16.9 Å². The molecule has 0 saturated carbocycles. The molecule has 1 aromatic heterocycles. The highest BCUT2D eigenvalue weighted by Gasteiger charge is 2.19. The van der Waals surface area contributed by atoms with Gasteiger partial charge in [-0.25, -0.2) is 4.98 Å². The highest BCUT2D eigenvalue weighted by atomic mass is 35.5. The second kappa shape index (κ2) is 9.84. The molecule has 4 N–H and O–H groups in total. The lowest BCUT2D eigenvalue weighted by Crippen LogP contribution is -2.21. The first-order valence-electron chi connectivity index (χ1n) is 9.97. The molecule has 1 amide bonds. The van der Waals surface area contributed by atoms with Gasteiger partial charge in [0.05, 0.1) is 6.33 Å². The Balaban J connectivity index is 1.65. The van der Waals surface area contributed by atoms with Crippen LogP contribution >= 0.6 is 11.6 Å². The molecule has 0 bridgehead atoms. The fourth-order valence-corrected chi connectivity index (χ4v) is 3.27. The number of imidazole rings is 1. The van der Waals surface area contributed by atoms with Crippen LogP contribution in [0.1, 0.15) is 0 Å². The summed E-state index contributed by atoms with van der Waals surface area (Å²) < 4.78 is 7.51. The van der Waals surface area contributed by atoms with Crippen LogP contribution in [0.5, 0.6) is 5.75 Å². The minimum absolute atomic E-state index is 0.0605. The molecular formula is C25H20ClN5O2.